The minimum atomic E-state index is 0.521. The first kappa shape index (κ1) is 10.0. The molecular weight excluding hydrogens is 186 g/mol. The molecule has 0 aliphatic heterocycles. The molecule has 80 valence electrons. The number of nitrogens with zero attached hydrogens (tertiary/aromatic N) is 3. The predicted molar refractivity (Wildman–Crippen MR) is 63.6 cm³/mol. The van der Waals surface area contributed by atoms with Crippen molar-refractivity contribution >= 4 is 11.2 Å². The third kappa shape index (κ3) is 1.69. The molecule has 0 aromatic carbocycles. The van der Waals surface area contributed by atoms with Gasteiger partial charge in [-0.1, -0.05) is 13.8 Å². The van der Waals surface area contributed by atoms with Gasteiger partial charge in [-0.15, -0.1) is 0 Å². The zero-order chi connectivity index (χ0) is 11.0. The Kier molecular flexibility index (Phi) is 2.39. The molecule has 0 fully saturated rings. The van der Waals surface area contributed by atoms with Gasteiger partial charge in [-0.2, -0.15) is 5.10 Å². The summed E-state index contributed by atoms with van der Waals surface area (Å²) < 4.78 is 1.95. The van der Waals surface area contributed by atoms with Gasteiger partial charge in [0.2, 0.25) is 0 Å². The Balaban J connectivity index is 2.57. The maximum absolute atomic E-state index is 4.37. The van der Waals surface area contributed by atoms with Gasteiger partial charge in [-0.25, -0.2) is 4.52 Å². The van der Waals surface area contributed by atoms with Crippen LogP contribution in [0.2, 0.25) is 0 Å². The lowest BCUT2D eigenvalue weighted by Crippen LogP contribution is -2.09. The average molecular weight is 203 g/mol. The lowest BCUT2D eigenvalue weighted by molar-refractivity contribution is 0.875. The number of hydrogen-bond acceptors (Lipinski definition) is 2. The lowest BCUT2D eigenvalue weighted by Gasteiger charge is -2.12. The van der Waals surface area contributed by atoms with Crippen LogP contribution in [-0.4, -0.2) is 23.7 Å². The fourth-order valence-corrected chi connectivity index (χ4v) is 1.70. The molecule has 15 heavy (non-hydrogen) atoms. The quantitative estimate of drug-likeness (QED) is 0.747. The molecule has 0 unspecified atom stereocenters. The van der Waals surface area contributed by atoms with Crippen molar-refractivity contribution in [3.63, 3.8) is 0 Å². The summed E-state index contributed by atoms with van der Waals surface area (Å²) in [6, 6.07) is 4.26. The van der Waals surface area contributed by atoms with Crippen molar-refractivity contribution in [1.82, 2.24) is 9.61 Å². The van der Waals surface area contributed by atoms with Crippen molar-refractivity contribution < 1.29 is 0 Å². The van der Waals surface area contributed by atoms with E-state index in [9.17, 15) is 0 Å². The highest BCUT2D eigenvalue weighted by atomic mass is 15.2. The first-order chi connectivity index (χ1) is 7.09. The van der Waals surface area contributed by atoms with Gasteiger partial charge < -0.3 is 4.90 Å². The minimum absolute atomic E-state index is 0.521. The fraction of sp³-hybridized carbons (Fsp3) is 0.417. The average Bonchev–Trinajstić information content (AvgIpc) is 2.59. The Bertz CT molecular complexity index is 469. The van der Waals surface area contributed by atoms with Crippen molar-refractivity contribution in [1.29, 1.82) is 0 Å². The van der Waals surface area contributed by atoms with E-state index in [0.29, 0.717) is 5.92 Å². The van der Waals surface area contributed by atoms with Crippen LogP contribution in [0.4, 0.5) is 5.69 Å². The van der Waals surface area contributed by atoms with Crippen molar-refractivity contribution in [2.45, 2.75) is 19.8 Å². The number of pyridine rings is 1. The largest absolute Gasteiger partial charge is 0.376 e. The molecule has 0 bridgehead atoms. The summed E-state index contributed by atoms with van der Waals surface area (Å²) >= 11 is 0. The molecule has 0 aliphatic rings. The lowest BCUT2D eigenvalue weighted by atomic mass is 10.1. The molecule has 3 nitrogen and oxygen atoms in total. The minimum Gasteiger partial charge on any atom is -0.376 e. The number of hydrogen-bond donors (Lipinski definition) is 0. The van der Waals surface area contributed by atoms with Gasteiger partial charge in [-0.05, 0) is 18.1 Å². The van der Waals surface area contributed by atoms with Crippen molar-refractivity contribution in [2.24, 2.45) is 0 Å². The molecule has 0 saturated carbocycles. The number of fused-ring (bicyclic) bond motifs is 1. The highest BCUT2D eigenvalue weighted by molar-refractivity contribution is 5.59. The Labute approximate surface area is 90.3 Å². The maximum Gasteiger partial charge on any atom is 0.0697 e. The van der Waals surface area contributed by atoms with Crippen molar-refractivity contribution in [2.75, 3.05) is 19.0 Å². The van der Waals surface area contributed by atoms with Gasteiger partial charge in [-0.3, -0.25) is 0 Å². The van der Waals surface area contributed by atoms with E-state index in [2.05, 4.69) is 42.2 Å². The summed E-state index contributed by atoms with van der Waals surface area (Å²) in [5.74, 6) is 0.521. The van der Waals surface area contributed by atoms with Crippen LogP contribution in [0.1, 0.15) is 25.3 Å². The Morgan fingerprint density at radius 1 is 1.27 bits per heavy atom. The molecule has 0 radical (unpaired) electrons. The normalized spacial score (nSPS) is 11.3. The van der Waals surface area contributed by atoms with Crippen molar-refractivity contribution in [3.05, 3.63) is 30.1 Å². The third-order valence-corrected chi connectivity index (χ3v) is 2.67. The second kappa shape index (κ2) is 3.57. The third-order valence-electron chi connectivity index (χ3n) is 2.67. The first-order valence-electron chi connectivity index (χ1n) is 5.24. The maximum atomic E-state index is 4.37. The van der Waals surface area contributed by atoms with Gasteiger partial charge in [0.1, 0.15) is 0 Å². The van der Waals surface area contributed by atoms with Gasteiger partial charge >= 0.3 is 0 Å². The van der Waals surface area contributed by atoms with Gasteiger partial charge in [0, 0.05) is 19.7 Å². The molecule has 3 heteroatoms. The summed E-state index contributed by atoms with van der Waals surface area (Å²) in [5, 5.41) is 4.37. The smallest absolute Gasteiger partial charge is 0.0697 e. The van der Waals surface area contributed by atoms with Crippen LogP contribution in [0.25, 0.3) is 5.52 Å². The van der Waals surface area contributed by atoms with Crippen LogP contribution < -0.4 is 4.90 Å². The second-order valence-electron chi connectivity index (χ2n) is 4.37. The van der Waals surface area contributed by atoms with E-state index in [1.165, 1.54) is 16.8 Å². The van der Waals surface area contributed by atoms with E-state index in [1.807, 2.05) is 24.8 Å². The van der Waals surface area contributed by atoms with E-state index in [0.717, 1.165) is 0 Å². The summed E-state index contributed by atoms with van der Waals surface area (Å²) in [6.45, 7) is 4.38. The Morgan fingerprint density at radius 2 is 2.00 bits per heavy atom. The summed E-state index contributed by atoms with van der Waals surface area (Å²) in [6.07, 6.45) is 4.01. The second-order valence-corrected chi connectivity index (χ2v) is 4.37. The van der Waals surface area contributed by atoms with E-state index >= 15 is 0 Å². The van der Waals surface area contributed by atoms with Gasteiger partial charge in [0.25, 0.3) is 0 Å². The van der Waals surface area contributed by atoms with Gasteiger partial charge in [0.05, 0.1) is 23.6 Å². The van der Waals surface area contributed by atoms with Crippen LogP contribution in [0, 0.1) is 0 Å². The molecule has 0 atom stereocenters. The standard InChI is InChI=1S/C12H17N3/c1-9(2)11-7-13-15-8-10(14(3)4)5-6-12(11)15/h5-9H,1-4H3. The van der Waals surface area contributed by atoms with Crippen LogP contribution in [0.5, 0.6) is 0 Å². The molecule has 0 spiro atoms. The zero-order valence-corrected chi connectivity index (χ0v) is 9.73. The molecule has 2 rings (SSSR count). The first-order valence-corrected chi connectivity index (χ1v) is 5.24. The monoisotopic (exact) mass is 203 g/mol. The number of anilines is 1. The van der Waals surface area contributed by atoms with Crippen LogP contribution in [0.3, 0.4) is 0 Å². The van der Waals surface area contributed by atoms with Crippen LogP contribution in [0.15, 0.2) is 24.5 Å². The summed E-state index contributed by atoms with van der Waals surface area (Å²) in [7, 11) is 4.07. The van der Waals surface area contributed by atoms with E-state index in [4.69, 9.17) is 0 Å². The van der Waals surface area contributed by atoms with E-state index in [-0.39, 0.29) is 0 Å². The fourth-order valence-electron chi connectivity index (χ4n) is 1.70. The van der Waals surface area contributed by atoms with E-state index in [1.54, 1.807) is 0 Å². The molecule has 2 aromatic rings. The van der Waals surface area contributed by atoms with E-state index < -0.39 is 0 Å². The highest BCUT2D eigenvalue weighted by Gasteiger charge is 2.07. The molecule has 2 aromatic heterocycles. The molecule has 2 heterocycles. The molecule has 0 saturated heterocycles. The Hall–Kier alpha value is -1.51. The topological polar surface area (TPSA) is 20.5 Å². The number of rotatable bonds is 2. The van der Waals surface area contributed by atoms with Crippen molar-refractivity contribution in [3.8, 4) is 0 Å². The van der Waals surface area contributed by atoms with Crippen LogP contribution in [-0.2, 0) is 0 Å². The predicted octanol–water partition coefficient (Wildman–Crippen LogP) is 2.52. The summed E-state index contributed by atoms with van der Waals surface area (Å²) in [5.41, 5.74) is 3.68. The number of aromatic nitrogens is 2. The molecule has 0 aliphatic carbocycles. The van der Waals surface area contributed by atoms with Crippen LogP contribution >= 0.6 is 0 Å². The highest BCUT2D eigenvalue weighted by Crippen LogP contribution is 2.22. The summed E-state index contributed by atoms with van der Waals surface area (Å²) in [4.78, 5) is 2.08. The zero-order valence-electron chi connectivity index (χ0n) is 9.73. The van der Waals surface area contributed by atoms with Gasteiger partial charge in [0.15, 0.2) is 0 Å². The Morgan fingerprint density at radius 3 is 2.60 bits per heavy atom. The molecule has 0 N–H and O–H groups in total. The molecular formula is C12H17N3. The SMILES string of the molecule is CC(C)c1cnn2cc(N(C)C)ccc12. The molecule has 0 amide bonds.